The zero-order valence-electron chi connectivity index (χ0n) is 15.7. The van der Waals surface area contributed by atoms with Gasteiger partial charge in [-0.1, -0.05) is 37.8 Å². The van der Waals surface area contributed by atoms with E-state index >= 15 is 0 Å². The predicted octanol–water partition coefficient (Wildman–Crippen LogP) is 4.22. The number of thioether (sulfide) groups is 1. The van der Waals surface area contributed by atoms with Gasteiger partial charge in [0.15, 0.2) is 0 Å². The highest BCUT2D eigenvalue weighted by molar-refractivity contribution is 8.26. The molecule has 1 aliphatic rings. The van der Waals surface area contributed by atoms with E-state index in [2.05, 4.69) is 38.3 Å². The van der Waals surface area contributed by atoms with Crippen LogP contribution in [0.15, 0.2) is 11.0 Å². The number of carboxylic acids is 1. The molecular formula is C19H26N2O3S2. The SMILES string of the molecule is Cc1cc(/C=C2\SC(=S)N(CCCCC(=O)O)C2=O)c(C)n1CC(C)C. The lowest BCUT2D eigenvalue weighted by atomic mass is 10.2. The van der Waals surface area contributed by atoms with E-state index in [0.29, 0.717) is 34.5 Å². The normalized spacial score (nSPS) is 16.3. The van der Waals surface area contributed by atoms with Crippen LogP contribution in [-0.4, -0.2) is 37.3 Å². The van der Waals surface area contributed by atoms with E-state index in [0.717, 1.165) is 17.8 Å². The summed E-state index contributed by atoms with van der Waals surface area (Å²) in [7, 11) is 0. The van der Waals surface area contributed by atoms with Crippen molar-refractivity contribution in [2.45, 2.75) is 53.5 Å². The molecule has 142 valence electrons. The van der Waals surface area contributed by atoms with Crippen LogP contribution in [0.3, 0.4) is 0 Å². The van der Waals surface area contributed by atoms with Gasteiger partial charge in [-0.05, 0) is 50.3 Å². The first-order chi connectivity index (χ1) is 12.2. The minimum atomic E-state index is -0.813. The van der Waals surface area contributed by atoms with Crippen molar-refractivity contribution in [2.75, 3.05) is 6.54 Å². The van der Waals surface area contributed by atoms with E-state index < -0.39 is 5.97 Å². The van der Waals surface area contributed by atoms with Gasteiger partial charge in [0.05, 0.1) is 4.91 Å². The van der Waals surface area contributed by atoms with Gasteiger partial charge in [-0.25, -0.2) is 0 Å². The smallest absolute Gasteiger partial charge is 0.303 e. The number of aromatic nitrogens is 1. The molecule has 1 N–H and O–H groups in total. The van der Waals surface area contributed by atoms with Crippen molar-refractivity contribution in [2.24, 2.45) is 5.92 Å². The summed E-state index contributed by atoms with van der Waals surface area (Å²) in [5.41, 5.74) is 3.39. The number of aryl methyl sites for hydroxylation is 1. The van der Waals surface area contributed by atoms with Crippen LogP contribution in [-0.2, 0) is 16.1 Å². The van der Waals surface area contributed by atoms with Gasteiger partial charge in [0.25, 0.3) is 5.91 Å². The zero-order valence-corrected chi connectivity index (χ0v) is 17.4. The fourth-order valence-electron chi connectivity index (χ4n) is 3.00. The van der Waals surface area contributed by atoms with Crippen LogP contribution < -0.4 is 0 Å². The van der Waals surface area contributed by atoms with Crippen molar-refractivity contribution in [1.29, 1.82) is 0 Å². The number of carbonyl (C=O) groups is 2. The quantitative estimate of drug-likeness (QED) is 0.406. The number of nitrogens with zero attached hydrogens (tertiary/aromatic N) is 2. The maximum Gasteiger partial charge on any atom is 0.303 e. The van der Waals surface area contributed by atoms with Gasteiger partial charge < -0.3 is 9.67 Å². The van der Waals surface area contributed by atoms with Crippen molar-refractivity contribution in [3.8, 4) is 0 Å². The van der Waals surface area contributed by atoms with E-state index in [-0.39, 0.29) is 12.3 Å². The van der Waals surface area contributed by atoms with Gasteiger partial charge in [-0.2, -0.15) is 0 Å². The molecule has 1 fully saturated rings. The van der Waals surface area contributed by atoms with E-state index in [1.54, 1.807) is 4.90 Å². The summed E-state index contributed by atoms with van der Waals surface area (Å²) in [6.07, 6.45) is 3.22. The van der Waals surface area contributed by atoms with E-state index in [1.165, 1.54) is 17.5 Å². The highest BCUT2D eigenvalue weighted by Crippen LogP contribution is 2.33. The molecule has 0 aliphatic carbocycles. The standard InChI is InChI=1S/C19H26N2O3S2/c1-12(2)11-21-13(3)9-15(14(21)4)10-16-18(24)20(19(25)26-16)8-6-5-7-17(22)23/h9-10,12H,5-8,11H2,1-4H3,(H,22,23)/b16-10-. The fourth-order valence-corrected chi connectivity index (χ4v) is 4.30. The Morgan fingerprint density at radius 1 is 1.35 bits per heavy atom. The minimum absolute atomic E-state index is 0.0796. The Morgan fingerprint density at radius 2 is 2.04 bits per heavy atom. The number of thiocarbonyl (C=S) groups is 1. The predicted molar refractivity (Wildman–Crippen MR) is 110 cm³/mol. The molecule has 5 nitrogen and oxygen atoms in total. The van der Waals surface area contributed by atoms with Crippen molar-refractivity contribution in [3.05, 3.63) is 27.9 Å². The van der Waals surface area contributed by atoms with Gasteiger partial charge in [0, 0.05) is 30.9 Å². The molecule has 0 radical (unpaired) electrons. The maximum atomic E-state index is 12.7. The summed E-state index contributed by atoms with van der Waals surface area (Å²) >= 11 is 6.66. The minimum Gasteiger partial charge on any atom is -0.481 e. The molecule has 1 aliphatic heterocycles. The molecule has 2 rings (SSSR count). The average molecular weight is 395 g/mol. The largest absolute Gasteiger partial charge is 0.481 e. The third-order valence-corrected chi connectivity index (χ3v) is 5.72. The third-order valence-electron chi connectivity index (χ3n) is 4.34. The van der Waals surface area contributed by atoms with Gasteiger partial charge in [0.2, 0.25) is 0 Å². The van der Waals surface area contributed by atoms with Gasteiger partial charge >= 0.3 is 5.97 Å². The molecule has 7 heteroatoms. The van der Waals surface area contributed by atoms with Gasteiger partial charge in [-0.3, -0.25) is 14.5 Å². The van der Waals surface area contributed by atoms with E-state index in [9.17, 15) is 9.59 Å². The molecule has 26 heavy (non-hydrogen) atoms. The number of amides is 1. The molecule has 0 spiro atoms. The highest BCUT2D eigenvalue weighted by atomic mass is 32.2. The summed E-state index contributed by atoms with van der Waals surface area (Å²) in [5.74, 6) is -0.340. The Kier molecular flexibility index (Phi) is 7.06. The lowest BCUT2D eigenvalue weighted by Crippen LogP contribution is -2.29. The fraction of sp³-hybridized carbons (Fsp3) is 0.526. The molecular weight excluding hydrogens is 368 g/mol. The lowest BCUT2D eigenvalue weighted by Gasteiger charge is -2.13. The van der Waals surface area contributed by atoms with Crippen molar-refractivity contribution in [3.63, 3.8) is 0 Å². The molecule has 0 saturated carbocycles. The molecule has 1 aromatic heterocycles. The number of carbonyl (C=O) groups excluding carboxylic acids is 1. The first-order valence-electron chi connectivity index (χ1n) is 8.84. The monoisotopic (exact) mass is 394 g/mol. The van der Waals surface area contributed by atoms with Crippen LogP contribution in [0.5, 0.6) is 0 Å². The van der Waals surface area contributed by atoms with Gasteiger partial charge in [0.1, 0.15) is 4.32 Å². The molecule has 1 saturated heterocycles. The zero-order chi connectivity index (χ0) is 19.4. The number of rotatable bonds is 8. The summed E-state index contributed by atoms with van der Waals surface area (Å²) in [6.45, 7) is 9.97. The molecule has 1 aromatic rings. The molecule has 1 amide bonds. The Balaban J connectivity index is 2.11. The average Bonchev–Trinajstić information content (AvgIpc) is 2.95. The highest BCUT2D eigenvalue weighted by Gasteiger charge is 2.31. The first-order valence-corrected chi connectivity index (χ1v) is 10.1. The van der Waals surface area contributed by atoms with E-state index in [1.807, 2.05) is 6.08 Å². The summed E-state index contributed by atoms with van der Waals surface area (Å²) in [5, 5.41) is 8.70. The van der Waals surface area contributed by atoms with Crippen LogP contribution >= 0.6 is 24.0 Å². The Labute approximate surface area is 164 Å². The van der Waals surface area contributed by atoms with Crippen molar-refractivity contribution >= 4 is 46.3 Å². The first kappa shape index (κ1) is 20.7. The number of unbranched alkanes of at least 4 members (excludes halogenated alkanes) is 1. The number of hydrogen-bond acceptors (Lipinski definition) is 4. The number of carboxylic acid groups (broad SMARTS) is 1. The Bertz CT molecular complexity index is 750. The summed E-state index contributed by atoms with van der Waals surface area (Å²) < 4.78 is 2.83. The van der Waals surface area contributed by atoms with Gasteiger partial charge in [-0.15, -0.1) is 0 Å². The number of hydrogen-bond donors (Lipinski definition) is 1. The second kappa shape index (κ2) is 8.86. The molecule has 0 aromatic carbocycles. The van der Waals surface area contributed by atoms with Crippen LogP contribution in [0.4, 0.5) is 0 Å². The summed E-state index contributed by atoms with van der Waals surface area (Å²) in [6, 6.07) is 2.11. The van der Waals surface area contributed by atoms with E-state index in [4.69, 9.17) is 17.3 Å². The van der Waals surface area contributed by atoms with Crippen molar-refractivity contribution < 1.29 is 14.7 Å². The second-order valence-electron chi connectivity index (χ2n) is 7.02. The Morgan fingerprint density at radius 3 is 2.65 bits per heavy atom. The van der Waals surface area contributed by atoms with Crippen LogP contribution in [0.2, 0.25) is 0 Å². The Hall–Kier alpha value is -1.60. The van der Waals surface area contributed by atoms with Crippen LogP contribution in [0.1, 0.15) is 50.1 Å². The second-order valence-corrected chi connectivity index (χ2v) is 8.69. The van der Waals surface area contributed by atoms with Crippen LogP contribution in [0, 0.1) is 19.8 Å². The van der Waals surface area contributed by atoms with Crippen LogP contribution in [0.25, 0.3) is 6.08 Å². The lowest BCUT2D eigenvalue weighted by molar-refractivity contribution is -0.137. The summed E-state index contributed by atoms with van der Waals surface area (Å²) in [4.78, 5) is 25.5. The molecule has 2 heterocycles. The third kappa shape index (κ3) is 4.98. The van der Waals surface area contributed by atoms with Crippen molar-refractivity contribution in [1.82, 2.24) is 9.47 Å². The molecule has 0 unspecified atom stereocenters. The molecule has 0 bridgehead atoms. The number of aliphatic carboxylic acids is 1. The topological polar surface area (TPSA) is 62.5 Å². The maximum absolute atomic E-state index is 12.7. The molecule has 0 atom stereocenters.